The summed E-state index contributed by atoms with van der Waals surface area (Å²) in [4.78, 5) is 7.35. The van der Waals surface area contributed by atoms with Crippen LogP contribution < -0.4 is 0 Å². The Hall–Kier alpha value is -1.13. The molecule has 2 rings (SSSR count). The maximum Gasteiger partial charge on any atom is 0.0925 e. The van der Waals surface area contributed by atoms with E-state index in [2.05, 4.69) is 38.0 Å². The first kappa shape index (κ1) is 13.3. The minimum absolute atomic E-state index is 0.673. The van der Waals surface area contributed by atoms with E-state index < -0.39 is 0 Å². The normalized spacial score (nSPS) is 10.8. The lowest BCUT2D eigenvalue weighted by Gasteiger charge is -2.04. The molecule has 0 saturated carbocycles. The van der Waals surface area contributed by atoms with Crippen LogP contribution in [-0.2, 0) is 17.8 Å². The van der Waals surface area contributed by atoms with Gasteiger partial charge in [0.2, 0.25) is 0 Å². The molecule has 1 heterocycles. The van der Waals surface area contributed by atoms with E-state index in [0.29, 0.717) is 6.61 Å². The first-order valence-electron chi connectivity index (χ1n) is 6.07. The van der Waals surface area contributed by atoms with Gasteiger partial charge in [0.05, 0.1) is 18.6 Å². The summed E-state index contributed by atoms with van der Waals surface area (Å²) in [6.07, 6.45) is 3.71. The lowest BCUT2D eigenvalue weighted by Crippen LogP contribution is -1.98. The summed E-state index contributed by atoms with van der Waals surface area (Å²) in [7, 11) is 0. The molecule has 96 valence electrons. The van der Waals surface area contributed by atoms with Gasteiger partial charge in [0.25, 0.3) is 0 Å². The SMILES string of the molecule is Cc1[nH]cnc1CCCOCc1ccc(Br)cc1. The fraction of sp³-hybridized carbons (Fsp3) is 0.357. The van der Waals surface area contributed by atoms with Crippen molar-refractivity contribution in [1.82, 2.24) is 9.97 Å². The van der Waals surface area contributed by atoms with Crippen molar-refractivity contribution in [2.24, 2.45) is 0 Å². The van der Waals surface area contributed by atoms with Crippen LogP contribution in [0, 0.1) is 6.92 Å². The van der Waals surface area contributed by atoms with Crippen LogP contribution in [0.5, 0.6) is 0 Å². The van der Waals surface area contributed by atoms with E-state index in [1.165, 1.54) is 5.56 Å². The number of imidazole rings is 1. The molecule has 0 aliphatic rings. The van der Waals surface area contributed by atoms with E-state index in [1.807, 2.05) is 19.1 Å². The molecule has 4 heteroatoms. The summed E-state index contributed by atoms with van der Waals surface area (Å²) in [6.45, 7) is 3.49. The zero-order chi connectivity index (χ0) is 12.8. The van der Waals surface area contributed by atoms with Gasteiger partial charge < -0.3 is 9.72 Å². The average molecular weight is 309 g/mol. The van der Waals surface area contributed by atoms with Gasteiger partial charge in [-0.05, 0) is 37.5 Å². The number of nitrogens with zero attached hydrogens (tertiary/aromatic N) is 1. The quantitative estimate of drug-likeness (QED) is 0.828. The van der Waals surface area contributed by atoms with Crippen molar-refractivity contribution in [1.29, 1.82) is 0 Å². The molecule has 0 unspecified atom stereocenters. The lowest BCUT2D eigenvalue weighted by atomic mass is 10.2. The number of ether oxygens (including phenoxy) is 1. The molecule has 0 atom stereocenters. The molecule has 0 bridgehead atoms. The number of H-pyrrole nitrogens is 1. The Morgan fingerprint density at radius 3 is 2.72 bits per heavy atom. The number of nitrogens with one attached hydrogen (secondary N) is 1. The van der Waals surface area contributed by atoms with Gasteiger partial charge in [0, 0.05) is 16.8 Å². The molecule has 18 heavy (non-hydrogen) atoms. The molecule has 0 amide bonds. The van der Waals surface area contributed by atoms with E-state index in [9.17, 15) is 0 Å². The second-order valence-electron chi connectivity index (χ2n) is 4.26. The van der Waals surface area contributed by atoms with Crippen molar-refractivity contribution in [3.05, 3.63) is 52.0 Å². The van der Waals surface area contributed by atoms with Crippen LogP contribution in [0.4, 0.5) is 0 Å². The van der Waals surface area contributed by atoms with E-state index >= 15 is 0 Å². The first-order valence-corrected chi connectivity index (χ1v) is 6.86. The summed E-state index contributed by atoms with van der Waals surface area (Å²) in [6, 6.07) is 8.21. The lowest BCUT2D eigenvalue weighted by molar-refractivity contribution is 0.118. The third-order valence-electron chi connectivity index (χ3n) is 2.82. The summed E-state index contributed by atoms with van der Waals surface area (Å²) >= 11 is 3.42. The van der Waals surface area contributed by atoms with Crippen molar-refractivity contribution < 1.29 is 4.74 Å². The maximum absolute atomic E-state index is 5.64. The molecule has 0 saturated heterocycles. The van der Waals surface area contributed by atoms with Crippen molar-refractivity contribution in [3.8, 4) is 0 Å². The molecular weight excluding hydrogens is 292 g/mol. The van der Waals surface area contributed by atoms with E-state index in [4.69, 9.17) is 4.74 Å². The molecule has 0 aliphatic heterocycles. The topological polar surface area (TPSA) is 37.9 Å². The molecule has 2 aromatic rings. The van der Waals surface area contributed by atoms with Gasteiger partial charge in [-0.2, -0.15) is 0 Å². The van der Waals surface area contributed by atoms with Crippen LogP contribution >= 0.6 is 15.9 Å². The highest BCUT2D eigenvalue weighted by Crippen LogP contribution is 2.11. The van der Waals surface area contributed by atoms with Gasteiger partial charge in [-0.15, -0.1) is 0 Å². The van der Waals surface area contributed by atoms with Gasteiger partial charge in [0.15, 0.2) is 0 Å². The third kappa shape index (κ3) is 3.96. The maximum atomic E-state index is 5.64. The minimum atomic E-state index is 0.673. The highest BCUT2D eigenvalue weighted by Gasteiger charge is 2.00. The molecule has 0 aliphatic carbocycles. The van der Waals surface area contributed by atoms with Crippen LogP contribution in [0.1, 0.15) is 23.4 Å². The van der Waals surface area contributed by atoms with Crippen LogP contribution in [0.3, 0.4) is 0 Å². The fourth-order valence-electron chi connectivity index (χ4n) is 1.75. The summed E-state index contributed by atoms with van der Waals surface area (Å²) in [5, 5.41) is 0. The largest absolute Gasteiger partial charge is 0.377 e. The Morgan fingerprint density at radius 2 is 2.06 bits per heavy atom. The standard InChI is InChI=1S/C14H17BrN2O/c1-11-14(17-10-16-11)3-2-8-18-9-12-4-6-13(15)7-5-12/h4-7,10H,2-3,8-9H2,1H3,(H,16,17). The third-order valence-corrected chi connectivity index (χ3v) is 3.35. The van der Waals surface area contributed by atoms with Gasteiger partial charge in [-0.25, -0.2) is 4.98 Å². The van der Waals surface area contributed by atoms with Crippen molar-refractivity contribution in [2.45, 2.75) is 26.4 Å². The minimum Gasteiger partial charge on any atom is -0.377 e. The van der Waals surface area contributed by atoms with E-state index in [0.717, 1.165) is 35.3 Å². The smallest absolute Gasteiger partial charge is 0.0925 e. The second-order valence-corrected chi connectivity index (χ2v) is 5.17. The fourth-order valence-corrected chi connectivity index (χ4v) is 2.02. The van der Waals surface area contributed by atoms with Gasteiger partial charge >= 0.3 is 0 Å². The van der Waals surface area contributed by atoms with Crippen LogP contribution in [0.2, 0.25) is 0 Å². The number of hydrogen-bond acceptors (Lipinski definition) is 2. The number of aromatic nitrogens is 2. The summed E-state index contributed by atoms with van der Waals surface area (Å²) in [5.41, 5.74) is 3.50. The van der Waals surface area contributed by atoms with Crippen molar-refractivity contribution in [3.63, 3.8) is 0 Å². The number of halogens is 1. The number of aryl methyl sites for hydroxylation is 2. The molecule has 1 aromatic heterocycles. The Morgan fingerprint density at radius 1 is 1.28 bits per heavy atom. The highest BCUT2D eigenvalue weighted by atomic mass is 79.9. The number of rotatable bonds is 6. The average Bonchev–Trinajstić information content (AvgIpc) is 2.77. The van der Waals surface area contributed by atoms with E-state index in [1.54, 1.807) is 6.33 Å². The molecule has 0 spiro atoms. The van der Waals surface area contributed by atoms with Gasteiger partial charge in [-0.3, -0.25) is 0 Å². The molecular formula is C14H17BrN2O. The number of aromatic amines is 1. The van der Waals surface area contributed by atoms with Gasteiger partial charge in [0.1, 0.15) is 0 Å². The zero-order valence-corrected chi connectivity index (χ0v) is 12.0. The Kier molecular flexibility index (Phi) is 4.96. The van der Waals surface area contributed by atoms with Gasteiger partial charge in [-0.1, -0.05) is 28.1 Å². The molecule has 1 N–H and O–H groups in total. The van der Waals surface area contributed by atoms with Crippen molar-refractivity contribution in [2.75, 3.05) is 6.61 Å². The Balaban J connectivity index is 1.64. The molecule has 0 radical (unpaired) electrons. The molecule has 0 fully saturated rings. The number of benzene rings is 1. The summed E-state index contributed by atoms with van der Waals surface area (Å²) < 4.78 is 6.74. The highest BCUT2D eigenvalue weighted by molar-refractivity contribution is 9.10. The summed E-state index contributed by atoms with van der Waals surface area (Å²) in [5.74, 6) is 0. The van der Waals surface area contributed by atoms with E-state index in [-0.39, 0.29) is 0 Å². The predicted octanol–water partition coefficient (Wildman–Crippen LogP) is 3.63. The Bertz CT molecular complexity index is 479. The molecule has 1 aromatic carbocycles. The monoisotopic (exact) mass is 308 g/mol. The van der Waals surface area contributed by atoms with Crippen LogP contribution in [-0.4, -0.2) is 16.6 Å². The van der Waals surface area contributed by atoms with Crippen LogP contribution in [0.25, 0.3) is 0 Å². The first-order chi connectivity index (χ1) is 8.75. The zero-order valence-electron chi connectivity index (χ0n) is 10.4. The predicted molar refractivity (Wildman–Crippen MR) is 75.4 cm³/mol. The molecule has 3 nitrogen and oxygen atoms in total. The second kappa shape index (κ2) is 6.71. The van der Waals surface area contributed by atoms with Crippen LogP contribution in [0.15, 0.2) is 35.1 Å². The Labute approximate surface area is 116 Å². The van der Waals surface area contributed by atoms with Crippen molar-refractivity contribution >= 4 is 15.9 Å². The number of hydrogen-bond donors (Lipinski definition) is 1.